The van der Waals surface area contributed by atoms with Crippen LogP contribution in [0.3, 0.4) is 0 Å². The van der Waals surface area contributed by atoms with Crippen LogP contribution in [-0.2, 0) is 14.3 Å². The number of ether oxygens (including phenoxy) is 2. The number of Topliss-reactive ketones (excluding diaryl/α,β-unsaturated/α-hetero) is 1. The molecule has 76 valence electrons. The van der Waals surface area contributed by atoms with Crippen molar-refractivity contribution in [3.63, 3.8) is 0 Å². The van der Waals surface area contributed by atoms with E-state index in [4.69, 9.17) is 9.47 Å². The maximum absolute atomic E-state index is 11.3. The van der Waals surface area contributed by atoms with E-state index in [9.17, 15) is 4.79 Å². The van der Waals surface area contributed by atoms with Crippen LogP contribution < -0.4 is 0 Å². The fourth-order valence-corrected chi connectivity index (χ4v) is 1.72. The van der Waals surface area contributed by atoms with E-state index in [1.165, 1.54) is 0 Å². The minimum Gasteiger partial charge on any atom is -0.382 e. The Bertz CT molecular complexity index is 185. The lowest BCUT2D eigenvalue weighted by Crippen LogP contribution is -2.48. The first-order chi connectivity index (χ1) is 6.10. The second-order valence-corrected chi connectivity index (χ2v) is 3.97. The highest BCUT2D eigenvalue weighted by Crippen LogP contribution is 2.30. The average molecular weight is 186 g/mol. The Labute approximate surface area is 79.4 Å². The van der Waals surface area contributed by atoms with Crippen molar-refractivity contribution in [2.45, 2.75) is 32.3 Å². The van der Waals surface area contributed by atoms with Gasteiger partial charge in [-0.25, -0.2) is 0 Å². The molecule has 0 aromatic rings. The highest BCUT2D eigenvalue weighted by molar-refractivity contribution is 5.80. The average Bonchev–Trinajstić information content (AvgIpc) is 2.04. The minimum atomic E-state index is -0.371. The summed E-state index contributed by atoms with van der Waals surface area (Å²) in [7, 11) is 1.65. The Kier molecular flexibility index (Phi) is 3.45. The van der Waals surface area contributed by atoms with Gasteiger partial charge in [0.1, 0.15) is 11.4 Å². The van der Waals surface area contributed by atoms with E-state index in [1.54, 1.807) is 7.11 Å². The third-order valence-corrected chi connectivity index (χ3v) is 2.71. The first-order valence-electron chi connectivity index (χ1n) is 4.75. The molecule has 0 spiro atoms. The zero-order chi connectivity index (χ0) is 9.90. The van der Waals surface area contributed by atoms with Crippen molar-refractivity contribution in [3.05, 3.63) is 0 Å². The van der Waals surface area contributed by atoms with Crippen LogP contribution in [0.25, 0.3) is 0 Å². The molecular formula is C10H18O3. The van der Waals surface area contributed by atoms with Crippen molar-refractivity contribution in [1.29, 1.82) is 0 Å². The van der Waals surface area contributed by atoms with Crippen molar-refractivity contribution in [2.24, 2.45) is 5.92 Å². The molecule has 1 unspecified atom stereocenters. The molecule has 0 bridgehead atoms. The minimum absolute atomic E-state index is 0.289. The van der Waals surface area contributed by atoms with E-state index in [0.29, 0.717) is 32.0 Å². The third kappa shape index (κ3) is 2.29. The van der Waals surface area contributed by atoms with E-state index >= 15 is 0 Å². The maximum Gasteiger partial charge on any atom is 0.138 e. The lowest BCUT2D eigenvalue weighted by molar-refractivity contribution is -0.160. The number of hydrogen-bond acceptors (Lipinski definition) is 3. The number of carbonyl (C=O) groups is 1. The predicted octanol–water partition coefficient (Wildman–Crippen LogP) is 1.41. The van der Waals surface area contributed by atoms with E-state index in [2.05, 4.69) is 13.8 Å². The van der Waals surface area contributed by atoms with Gasteiger partial charge in [-0.3, -0.25) is 4.79 Å². The molecule has 0 aromatic heterocycles. The van der Waals surface area contributed by atoms with Gasteiger partial charge >= 0.3 is 0 Å². The van der Waals surface area contributed by atoms with Crippen LogP contribution in [0.4, 0.5) is 0 Å². The van der Waals surface area contributed by atoms with E-state index in [0.717, 1.165) is 0 Å². The fourth-order valence-electron chi connectivity index (χ4n) is 1.72. The van der Waals surface area contributed by atoms with Gasteiger partial charge in [0, 0.05) is 20.0 Å². The zero-order valence-electron chi connectivity index (χ0n) is 8.63. The number of carbonyl (C=O) groups excluding carboxylic acids is 1. The number of rotatable bonds is 3. The largest absolute Gasteiger partial charge is 0.382 e. The summed E-state index contributed by atoms with van der Waals surface area (Å²) in [4.78, 5) is 11.3. The van der Waals surface area contributed by atoms with Crippen LogP contribution in [0.5, 0.6) is 0 Å². The van der Waals surface area contributed by atoms with Crippen LogP contribution in [0.15, 0.2) is 0 Å². The molecule has 1 aliphatic heterocycles. The molecule has 1 heterocycles. The summed E-state index contributed by atoms with van der Waals surface area (Å²) in [6.45, 7) is 5.19. The van der Waals surface area contributed by atoms with Crippen molar-refractivity contribution >= 4 is 5.78 Å². The van der Waals surface area contributed by atoms with Gasteiger partial charge in [0.05, 0.1) is 13.2 Å². The van der Waals surface area contributed by atoms with Gasteiger partial charge in [0.15, 0.2) is 0 Å². The summed E-state index contributed by atoms with van der Waals surface area (Å²) in [5.74, 6) is 0.605. The van der Waals surface area contributed by atoms with E-state index in [-0.39, 0.29) is 11.4 Å². The van der Waals surface area contributed by atoms with Gasteiger partial charge in [-0.1, -0.05) is 13.8 Å². The molecule has 0 aromatic carbocycles. The summed E-state index contributed by atoms with van der Waals surface area (Å²) in [6.07, 6.45) is 1.05. The monoisotopic (exact) mass is 186 g/mol. The topological polar surface area (TPSA) is 35.5 Å². The molecule has 3 heteroatoms. The Balaban J connectivity index is 2.70. The Hall–Kier alpha value is -0.410. The van der Waals surface area contributed by atoms with Crippen molar-refractivity contribution < 1.29 is 14.3 Å². The molecule has 1 fully saturated rings. The third-order valence-electron chi connectivity index (χ3n) is 2.71. The molecule has 0 saturated carbocycles. The molecule has 0 amide bonds. The van der Waals surface area contributed by atoms with Gasteiger partial charge in [0.25, 0.3) is 0 Å². The lowest BCUT2D eigenvalue weighted by Gasteiger charge is -2.39. The van der Waals surface area contributed by atoms with Crippen LogP contribution in [0.1, 0.15) is 26.7 Å². The van der Waals surface area contributed by atoms with Crippen LogP contribution in [0.2, 0.25) is 0 Å². The molecule has 0 N–H and O–H groups in total. The van der Waals surface area contributed by atoms with Gasteiger partial charge in [-0.05, 0) is 5.92 Å². The van der Waals surface area contributed by atoms with Crippen molar-refractivity contribution in [2.75, 3.05) is 20.3 Å². The molecular weight excluding hydrogens is 168 g/mol. The Morgan fingerprint density at radius 1 is 1.62 bits per heavy atom. The number of ketones is 1. The number of hydrogen-bond donors (Lipinski definition) is 0. The van der Waals surface area contributed by atoms with Gasteiger partial charge in [-0.2, -0.15) is 0 Å². The smallest absolute Gasteiger partial charge is 0.138 e. The Morgan fingerprint density at radius 3 is 2.77 bits per heavy atom. The van der Waals surface area contributed by atoms with E-state index < -0.39 is 0 Å². The normalized spacial score (nSPS) is 29.7. The molecule has 0 aliphatic carbocycles. The Morgan fingerprint density at radius 2 is 2.31 bits per heavy atom. The quantitative estimate of drug-likeness (QED) is 0.668. The summed E-state index contributed by atoms with van der Waals surface area (Å²) in [5.41, 5.74) is -0.371. The van der Waals surface area contributed by atoms with Gasteiger partial charge in [-0.15, -0.1) is 0 Å². The van der Waals surface area contributed by atoms with Crippen LogP contribution in [-0.4, -0.2) is 31.7 Å². The maximum atomic E-state index is 11.3. The molecule has 0 radical (unpaired) electrons. The predicted molar refractivity (Wildman–Crippen MR) is 49.6 cm³/mol. The molecule has 1 rings (SSSR count). The van der Waals surface area contributed by atoms with Crippen molar-refractivity contribution in [1.82, 2.24) is 0 Å². The lowest BCUT2D eigenvalue weighted by atomic mass is 9.83. The fraction of sp³-hybridized carbons (Fsp3) is 0.900. The highest BCUT2D eigenvalue weighted by atomic mass is 16.5. The second-order valence-electron chi connectivity index (χ2n) is 3.97. The van der Waals surface area contributed by atoms with Gasteiger partial charge in [0.2, 0.25) is 0 Å². The SMILES string of the molecule is COCC1(C(C)C)CC(=O)CCO1. The van der Waals surface area contributed by atoms with E-state index in [1.807, 2.05) is 0 Å². The molecule has 3 nitrogen and oxygen atoms in total. The summed E-state index contributed by atoms with van der Waals surface area (Å²) >= 11 is 0. The summed E-state index contributed by atoms with van der Waals surface area (Å²) in [5, 5.41) is 0. The highest BCUT2D eigenvalue weighted by Gasteiger charge is 2.39. The molecule has 1 aliphatic rings. The van der Waals surface area contributed by atoms with Crippen LogP contribution in [0, 0.1) is 5.92 Å². The molecule has 13 heavy (non-hydrogen) atoms. The molecule has 1 saturated heterocycles. The van der Waals surface area contributed by atoms with Crippen LogP contribution >= 0.6 is 0 Å². The standard InChI is InChI=1S/C10H18O3/c1-8(2)10(7-12-3)6-9(11)4-5-13-10/h8H,4-7H2,1-3H3. The summed E-state index contributed by atoms with van der Waals surface area (Å²) in [6, 6.07) is 0. The molecule has 1 atom stereocenters. The summed E-state index contributed by atoms with van der Waals surface area (Å²) < 4.78 is 10.8. The first-order valence-corrected chi connectivity index (χ1v) is 4.75. The number of methoxy groups -OCH3 is 1. The van der Waals surface area contributed by atoms with Crippen molar-refractivity contribution in [3.8, 4) is 0 Å². The van der Waals surface area contributed by atoms with Gasteiger partial charge < -0.3 is 9.47 Å². The second kappa shape index (κ2) is 4.20. The zero-order valence-corrected chi connectivity index (χ0v) is 8.63. The first kappa shape index (κ1) is 10.7.